The highest BCUT2D eigenvalue weighted by atomic mass is 32.2. The van der Waals surface area contributed by atoms with Crippen LogP contribution in [-0.2, 0) is 14.3 Å². The molecule has 6 nitrogen and oxygen atoms in total. The van der Waals surface area contributed by atoms with Gasteiger partial charge in [0, 0.05) is 16.8 Å². The predicted molar refractivity (Wildman–Crippen MR) is 107 cm³/mol. The van der Waals surface area contributed by atoms with Crippen molar-refractivity contribution in [1.82, 2.24) is 0 Å². The lowest BCUT2D eigenvalue weighted by Gasteiger charge is -2.14. The van der Waals surface area contributed by atoms with E-state index in [9.17, 15) is 9.59 Å². The number of rotatable bonds is 7. The number of fused-ring (bicyclic) bond motifs is 3. The zero-order chi connectivity index (χ0) is 19.4. The summed E-state index contributed by atoms with van der Waals surface area (Å²) >= 11 is 1.22. The number of esters is 1. The number of carbonyl (C=O) groups excluding carboxylic acids is 2. The van der Waals surface area contributed by atoms with E-state index in [1.165, 1.54) is 11.8 Å². The molecule has 1 heterocycles. The van der Waals surface area contributed by atoms with E-state index < -0.39 is 5.25 Å². The van der Waals surface area contributed by atoms with Crippen molar-refractivity contribution >= 4 is 51.3 Å². The van der Waals surface area contributed by atoms with Crippen LogP contribution in [0, 0.1) is 0 Å². The van der Waals surface area contributed by atoms with Gasteiger partial charge in [0.05, 0.1) is 30.4 Å². The topological polar surface area (TPSA) is 77.8 Å². The Labute approximate surface area is 161 Å². The second kappa shape index (κ2) is 8.35. The molecule has 1 N–H and O–H groups in total. The van der Waals surface area contributed by atoms with Crippen molar-refractivity contribution in [2.75, 3.05) is 24.8 Å². The summed E-state index contributed by atoms with van der Waals surface area (Å²) in [7, 11) is 1.55. The van der Waals surface area contributed by atoms with Gasteiger partial charge in [-0.1, -0.05) is 18.2 Å². The van der Waals surface area contributed by atoms with Gasteiger partial charge in [-0.2, -0.15) is 0 Å². The molecule has 0 aliphatic heterocycles. The van der Waals surface area contributed by atoms with Gasteiger partial charge < -0.3 is 19.2 Å². The number of furan rings is 1. The normalized spacial score (nSPS) is 12.1. The molecule has 1 atom stereocenters. The Bertz CT molecular complexity index is 981. The van der Waals surface area contributed by atoms with E-state index in [1.807, 2.05) is 30.3 Å². The third-order valence-corrected chi connectivity index (χ3v) is 5.20. The second-order valence-corrected chi connectivity index (χ2v) is 7.22. The first-order chi connectivity index (χ1) is 13.0. The average Bonchev–Trinajstić information content (AvgIpc) is 3.02. The van der Waals surface area contributed by atoms with Gasteiger partial charge in [0.2, 0.25) is 5.91 Å². The zero-order valence-corrected chi connectivity index (χ0v) is 16.2. The van der Waals surface area contributed by atoms with Gasteiger partial charge in [-0.3, -0.25) is 9.59 Å². The number of para-hydroxylation sites is 1. The highest BCUT2D eigenvalue weighted by molar-refractivity contribution is 8.01. The van der Waals surface area contributed by atoms with Gasteiger partial charge in [-0.25, -0.2) is 0 Å². The van der Waals surface area contributed by atoms with Gasteiger partial charge >= 0.3 is 5.97 Å². The minimum Gasteiger partial charge on any atom is -0.495 e. The van der Waals surface area contributed by atoms with Crippen molar-refractivity contribution in [2.45, 2.75) is 19.1 Å². The lowest BCUT2D eigenvalue weighted by atomic mass is 10.1. The smallest absolute Gasteiger partial charge is 0.315 e. The molecule has 0 aliphatic rings. The molecule has 0 bridgehead atoms. The quantitative estimate of drug-likeness (QED) is 0.612. The number of carbonyl (C=O) groups is 2. The molecule has 0 saturated carbocycles. The number of thioether (sulfide) groups is 1. The van der Waals surface area contributed by atoms with Crippen LogP contribution in [0.5, 0.6) is 5.75 Å². The van der Waals surface area contributed by atoms with Crippen LogP contribution < -0.4 is 10.1 Å². The standard InChI is InChI=1S/C20H21NO5S/c1-4-25-19(22)11-27-12(2)20(23)21-15-10-17-14(9-18(15)24-3)13-7-5-6-8-16(13)26-17/h5-10,12H,4,11H2,1-3H3,(H,21,23)/t12-/m0/s1. The number of methoxy groups -OCH3 is 1. The third-order valence-electron chi connectivity index (χ3n) is 4.08. The number of hydrogen-bond donors (Lipinski definition) is 1. The fourth-order valence-electron chi connectivity index (χ4n) is 2.72. The van der Waals surface area contributed by atoms with Crippen LogP contribution >= 0.6 is 11.8 Å². The number of amides is 1. The first kappa shape index (κ1) is 19.1. The summed E-state index contributed by atoms with van der Waals surface area (Å²) in [6, 6.07) is 11.3. The zero-order valence-electron chi connectivity index (χ0n) is 15.4. The summed E-state index contributed by atoms with van der Waals surface area (Å²) in [4.78, 5) is 23.9. The van der Waals surface area contributed by atoms with Crippen LogP contribution in [0.1, 0.15) is 13.8 Å². The molecule has 1 aromatic heterocycles. The summed E-state index contributed by atoms with van der Waals surface area (Å²) < 4.78 is 16.2. The van der Waals surface area contributed by atoms with Crippen molar-refractivity contribution in [3.63, 3.8) is 0 Å². The highest BCUT2D eigenvalue weighted by Crippen LogP contribution is 2.36. The molecule has 142 valence electrons. The van der Waals surface area contributed by atoms with Gasteiger partial charge in [0.1, 0.15) is 16.9 Å². The Morgan fingerprint density at radius 1 is 1.19 bits per heavy atom. The molecule has 27 heavy (non-hydrogen) atoms. The molecule has 0 aliphatic carbocycles. The number of anilines is 1. The first-order valence-corrected chi connectivity index (χ1v) is 9.65. The number of nitrogens with one attached hydrogen (secondary N) is 1. The fourth-order valence-corrected chi connectivity index (χ4v) is 3.40. The first-order valence-electron chi connectivity index (χ1n) is 8.60. The molecule has 0 fully saturated rings. The summed E-state index contributed by atoms with van der Waals surface area (Å²) in [5.74, 6) is 0.119. The highest BCUT2D eigenvalue weighted by Gasteiger charge is 2.19. The number of hydrogen-bond acceptors (Lipinski definition) is 6. The van der Waals surface area contributed by atoms with Crippen LogP contribution in [0.3, 0.4) is 0 Å². The number of benzene rings is 2. The van der Waals surface area contributed by atoms with E-state index in [4.69, 9.17) is 13.9 Å². The van der Waals surface area contributed by atoms with Crippen LogP contribution in [0.4, 0.5) is 5.69 Å². The summed E-state index contributed by atoms with van der Waals surface area (Å²) in [5.41, 5.74) is 1.97. The Balaban J connectivity index is 1.80. The molecule has 0 radical (unpaired) electrons. The summed E-state index contributed by atoms with van der Waals surface area (Å²) in [6.07, 6.45) is 0. The Morgan fingerprint density at radius 3 is 2.70 bits per heavy atom. The van der Waals surface area contributed by atoms with E-state index in [0.717, 1.165) is 16.4 Å². The summed E-state index contributed by atoms with van der Waals surface area (Å²) in [6.45, 7) is 3.82. The maximum absolute atomic E-state index is 12.5. The number of ether oxygens (including phenoxy) is 2. The van der Waals surface area contributed by atoms with Gasteiger partial charge in [0.15, 0.2) is 0 Å². The minimum atomic E-state index is -0.425. The summed E-state index contributed by atoms with van der Waals surface area (Å²) in [5, 5.41) is 4.34. The van der Waals surface area contributed by atoms with Crippen LogP contribution in [0.15, 0.2) is 40.8 Å². The largest absolute Gasteiger partial charge is 0.495 e. The predicted octanol–water partition coefficient (Wildman–Crippen LogP) is 4.22. The van der Waals surface area contributed by atoms with E-state index in [0.29, 0.717) is 23.6 Å². The Kier molecular flexibility index (Phi) is 5.91. The van der Waals surface area contributed by atoms with Crippen molar-refractivity contribution in [3.8, 4) is 5.75 Å². The lowest BCUT2D eigenvalue weighted by molar-refractivity contribution is -0.139. The van der Waals surface area contributed by atoms with Crippen molar-refractivity contribution in [2.24, 2.45) is 0 Å². The molecule has 3 rings (SSSR count). The van der Waals surface area contributed by atoms with Crippen molar-refractivity contribution < 1.29 is 23.5 Å². The third kappa shape index (κ3) is 4.19. The molecular formula is C20H21NO5S. The lowest BCUT2D eigenvalue weighted by Crippen LogP contribution is -2.24. The Hall–Kier alpha value is -2.67. The van der Waals surface area contributed by atoms with E-state index in [1.54, 1.807) is 27.0 Å². The van der Waals surface area contributed by atoms with Gasteiger partial charge in [0.25, 0.3) is 0 Å². The molecule has 1 amide bonds. The maximum Gasteiger partial charge on any atom is 0.315 e. The second-order valence-electron chi connectivity index (χ2n) is 5.89. The van der Waals surface area contributed by atoms with Gasteiger partial charge in [-0.05, 0) is 26.0 Å². The van der Waals surface area contributed by atoms with Crippen LogP contribution in [0.25, 0.3) is 21.9 Å². The van der Waals surface area contributed by atoms with Crippen molar-refractivity contribution in [1.29, 1.82) is 0 Å². The van der Waals surface area contributed by atoms with Crippen LogP contribution in [-0.4, -0.2) is 36.6 Å². The molecule has 0 spiro atoms. The molecule has 0 saturated heterocycles. The molecule has 7 heteroatoms. The van der Waals surface area contributed by atoms with Gasteiger partial charge in [-0.15, -0.1) is 11.8 Å². The fraction of sp³-hybridized carbons (Fsp3) is 0.300. The molecular weight excluding hydrogens is 366 g/mol. The molecule has 3 aromatic rings. The van der Waals surface area contributed by atoms with Crippen LogP contribution in [0.2, 0.25) is 0 Å². The monoisotopic (exact) mass is 387 g/mol. The maximum atomic E-state index is 12.5. The molecule has 0 unspecified atom stereocenters. The van der Waals surface area contributed by atoms with E-state index in [-0.39, 0.29) is 17.6 Å². The van der Waals surface area contributed by atoms with E-state index in [2.05, 4.69) is 5.32 Å². The minimum absolute atomic E-state index is 0.127. The average molecular weight is 387 g/mol. The molecule has 2 aromatic carbocycles. The van der Waals surface area contributed by atoms with Crippen molar-refractivity contribution in [3.05, 3.63) is 36.4 Å². The Morgan fingerprint density at radius 2 is 1.96 bits per heavy atom. The SMILES string of the molecule is CCOC(=O)CS[C@@H](C)C(=O)Nc1cc2oc3ccccc3c2cc1OC. The van der Waals surface area contributed by atoms with E-state index >= 15 is 0 Å².